The maximum absolute atomic E-state index is 12.2. The smallest absolute Gasteiger partial charge is 0.238 e. The van der Waals surface area contributed by atoms with E-state index in [9.17, 15) is 4.79 Å². The van der Waals surface area contributed by atoms with Gasteiger partial charge in [-0.1, -0.05) is 22.9 Å². The van der Waals surface area contributed by atoms with Crippen LogP contribution in [-0.4, -0.2) is 36.5 Å². The number of rotatable bonds is 4. The first kappa shape index (κ1) is 16.9. The van der Waals surface area contributed by atoms with Crippen molar-refractivity contribution in [3.8, 4) is 0 Å². The Kier molecular flexibility index (Phi) is 6.22. The van der Waals surface area contributed by atoms with E-state index < -0.39 is 0 Å². The van der Waals surface area contributed by atoms with Crippen LogP contribution in [0.4, 0.5) is 5.69 Å². The topological polar surface area (TPSA) is 58.4 Å². The molecular weight excluding hydrogens is 398 g/mol. The van der Waals surface area contributed by atoms with Crippen LogP contribution in [0.5, 0.6) is 0 Å². The summed E-state index contributed by atoms with van der Waals surface area (Å²) < 4.78 is 1.84. The molecule has 0 spiro atoms. The Morgan fingerprint density at radius 2 is 2.24 bits per heavy atom. The molecule has 1 heterocycles. The number of hydrogen-bond donors (Lipinski definition) is 2. The summed E-state index contributed by atoms with van der Waals surface area (Å²) in [7, 11) is 0. The fourth-order valence-electron chi connectivity index (χ4n) is 2.72. The number of hydrogen-bond acceptors (Lipinski definition) is 3. The molecule has 2 unspecified atom stereocenters. The first-order valence-corrected chi connectivity index (χ1v) is 8.77. The van der Waals surface area contributed by atoms with Gasteiger partial charge in [0.1, 0.15) is 0 Å². The number of nitrogens with one attached hydrogen (secondary N) is 1. The highest BCUT2D eigenvalue weighted by molar-refractivity contribution is 9.11. The number of likely N-dealkylation sites (tertiary alicyclic amines) is 1. The van der Waals surface area contributed by atoms with Crippen LogP contribution in [0.15, 0.2) is 27.1 Å². The molecule has 2 atom stereocenters. The second-order valence-electron chi connectivity index (χ2n) is 5.66. The predicted octanol–water partition coefficient (Wildman–Crippen LogP) is 3.21. The second kappa shape index (κ2) is 7.72. The summed E-state index contributed by atoms with van der Waals surface area (Å²) >= 11 is 6.86. The van der Waals surface area contributed by atoms with E-state index in [1.54, 1.807) is 0 Å². The van der Waals surface area contributed by atoms with Crippen molar-refractivity contribution in [3.05, 3.63) is 27.1 Å². The van der Waals surface area contributed by atoms with Crippen LogP contribution in [0.3, 0.4) is 0 Å². The summed E-state index contributed by atoms with van der Waals surface area (Å²) in [5.74, 6) is 0.699. The van der Waals surface area contributed by atoms with E-state index in [0.717, 1.165) is 34.0 Å². The average molecular weight is 419 g/mol. The molecule has 0 aliphatic carbocycles. The van der Waals surface area contributed by atoms with Gasteiger partial charge in [-0.05, 0) is 59.4 Å². The summed E-state index contributed by atoms with van der Waals surface area (Å²) in [6.07, 6.45) is 2.21. The van der Waals surface area contributed by atoms with Crippen LogP contribution in [0.1, 0.15) is 19.8 Å². The van der Waals surface area contributed by atoms with Gasteiger partial charge in [0.05, 0.1) is 12.2 Å². The minimum absolute atomic E-state index is 0.00558. The van der Waals surface area contributed by atoms with Crippen molar-refractivity contribution in [2.45, 2.75) is 25.8 Å². The van der Waals surface area contributed by atoms with Gasteiger partial charge in [-0.15, -0.1) is 0 Å². The largest absolute Gasteiger partial charge is 0.329 e. The Balaban J connectivity index is 1.94. The zero-order chi connectivity index (χ0) is 15.4. The Bertz CT molecular complexity index is 510. The lowest BCUT2D eigenvalue weighted by Crippen LogP contribution is -2.49. The monoisotopic (exact) mass is 417 g/mol. The number of amides is 1. The van der Waals surface area contributed by atoms with Gasteiger partial charge >= 0.3 is 0 Å². The van der Waals surface area contributed by atoms with Crippen LogP contribution >= 0.6 is 31.9 Å². The summed E-state index contributed by atoms with van der Waals surface area (Å²) in [5, 5.41) is 2.95. The molecule has 0 saturated carbocycles. The van der Waals surface area contributed by atoms with E-state index >= 15 is 0 Å². The number of nitrogens with two attached hydrogens (primary N) is 1. The van der Waals surface area contributed by atoms with Crippen LogP contribution in [0.2, 0.25) is 0 Å². The minimum Gasteiger partial charge on any atom is -0.329 e. The molecule has 1 amide bonds. The Labute approximate surface area is 142 Å². The molecule has 0 bridgehead atoms. The normalized spacial score (nSPS) is 23.0. The maximum atomic E-state index is 12.2. The van der Waals surface area contributed by atoms with Crippen LogP contribution in [0.25, 0.3) is 0 Å². The van der Waals surface area contributed by atoms with Gasteiger partial charge < -0.3 is 11.1 Å². The highest BCUT2D eigenvalue weighted by Crippen LogP contribution is 2.26. The van der Waals surface area contributed by atoms with Gasteiger partial charge in [-0.25, -0.2) is 0 Å². The molecule has 1 saturated heterocycles. The summed E-state index contributed by atoms with van der Waals surface area (Å²) in [6, 6.07) is 6.02. The SMILES string of the molecule is CC1CCN(CC(=O)Nc2ccc(Br)cc2Br)C(CN)C1. The zero-order valence-electron chi connectivity index (χ0n) is 12.1. The number of carbonyl (C=O) groups is 1. The lowest BCUT2D eigenvalue weighted by molar-refractivity contribution is -0.118. The molecule has 3 N–H and O–H groups in total. The molecule has 116 valence electrons. The molecule has 21 heavy (non-hydrogen) atoms. The van der Waals surface area contributed by atoms with E-state index in [1.807, 2.05) is 18.2 Å². The van der Waals surface area contributed by atoms with E-state index in [0.29, 0.717) is 25.0 Å². The molecule has 1 aromatic rings. The van der Waals surface area contributed by atoms with Crippen molar-refractivity contribution in [2.24, 2.45) is 11.7 Å². The third-order valence-electron chi connectivity index (χ3n) is 3.92. The number of anilines is 1. The van der Waals surface area contributed by atoms with E-state index in [2.05, 4.69) is 49.0 Å². The number of halogens is 2. The molecular formula is C15H21Br2N3O. The molecule has 1 fully saturated rings. The van der Waals surface area contributed by atoms with Crippen molar-refractivity contribution < 1.29 is 4.79 Å². The molecule has 0 aromatic heterocycles. The average Bonchev–Trinajstić information content (AvgIpc) is 2.44. The summed E-state index contributed by atoms with van der Waals surface area (Å²) in [5.41, 5.74) is 6.63. The van der Waals surface area contributed by atoms with Gasteiger partial charge in [0.15, 0.2) is 0 Å². The van der Waals surface area contributed by atoms with E-state index in [1.165, 1.54) is 0 Å². The summed E-state index contributed by atoms with van der Waals surface area (Å²) in [4.78, 5) is 14.4. The zero-order valence-corrected chi connectivity index (χ0v) is 15.3. The molecule has 6 heteroatoms. The predicted molar refractivity (Wildman–Crippen MR) is 93.3 cm³/mol. The minimum atomic E-state index is 0.00558. The van der Waals surface area contributed by atoms with Crippen molar-refractivity contribution in [3.63, 3.8) is 0 Å². The lowest BCUT2D eigenvalue weighted by Gasteiger charge is -2.37. The Morgan fingerprint density at radius 1 is 1.48 bits per heavy atom. The highest BCUT2D eigenvalue weighted by Gasteiger charge is 2.26. The molecule has 1 aliphatic heterocycles. The lowest BCUT2D eigenvalue weighted by atomic mass is 9.92. The number of piperidine rings is 1. The quantitative estimate of drug-likeness (QED) is 0.789. The summed E-state index contributed by atoms with van der Waals surface area (Å²) in [6.45, 7) is 4.20. The number of nitrogens with zero attached hydrogens (tertiary/aromatic N) is 1. The fourth-order valence-corrected chi connectivity index (χ4v) is 3.86. The second-order valence-corrected chi connectivity index (χ2v) is 7.43. The van der Waals surface area contributed by atoms with Crippen LogP contribution in [0, 0.1) is 5.92 Å². The first-order valence-electron chi connectivity index (χ1n) is 7.18. The molecule has 1 aromatic carbocycles. The molecule has 4 nitrogen and oxygen atoms in total. The van der Waals surface area contributed by atoms with Gasteiger partial charge in [-0.3, -0.25) is 9.69 Å². The number of benzene rings is 1. The number of carbonyl (C=O) groups excluding carboxylic acids is 1. The third-order valence-corrected chi connectivity index (χ3v) is 5.07. The Hall–Kier alpha value is -0.430. The van der Waals surface area contributed by atoms with E-state index in [4.69, 9.17) is 5.73 Å². The fraction of sp³-hybridized carbons (Fsp3) is 0.533. The maximum Gasteiger partial charge on any atom is 0.238 e. The Morgan fingerprint density at radius 3 is 2.90 bits per heavy atom. The van der Waals surface area contributed by atoms with Crippen molar-refractivity contribution in [1.29, 1.82) is 0 Å². The van der Waals surface area contributed by atoms with E-state index in [-0.39, 0.29) is 5.91 Å². The van der Waals surface area contributed by atoms with Crippen LogP contribution in [-0.2, 0) is 4.79 Å². The molecule has 0 radical (unpaired) electrons. The van der Waals surface area contributed by atoms with Crippen molar-refractivity contribution in [2.75, 3.05) is 25.0 Å². The standard InChI is InChI=1S/C15H21Br2N3O/c1-10-4-5-20(12(6-10)8-18)9-15(21)19-14-3-2-11(16)7-13(14)17/h2-3,7,10,12H,4-6,8-9,18H2,1H3,(H,19,21). The molecule has 1 aliphatic rings. The third kappa shape index (κ3) is 4.77. The highest BCUT2D eigenvalue weighted by atomic mass is 79.9. The van der Waals surface area contributed by atoms with Gasteiger partial charge in [0.2, 0.25) is 5.91 Å². The van der Waals surface area contributed by atoms with Crippen molar-refractivity contribution in [1.82, 2.24) is 4.90 Å². The van der Waals surface area contributed by atoms with Gasteiger partial charge in [0, 0.05) is 21.5 Å². The van der Waals surface area contributed by atoms with Gasteiger partial charge in [-0.2, -0.15) is 0 Å². The molecule has 2 rings (SSSR count). The van der Waals surface area contributed by atoms with Gasteiger partial charge in [0.25, 0.3) is 0 Å². The van der Waals surface area contributed by atoms with Crippen LogP contribution < -0.4 is 11.1 Å². The van der Waals surface area contributed by atoms with Crippen molar-refractivity contribution >= 4 is 43.5 Å². The first-order chi connectivity index (χ1) is 9.99.